The fourth-order valence-corrected chi connectivity index (χ4v) is 3.22. The third kappa shape index (κ3) is 3.82. The van der Waals surface area contributed by atoms with Gasteiger partial charge in [-0.25, -0.2) is 0 Å². The lowest BCUT2D eigenvalue weighted by Crippen LogP contribution is -2.28. The van der Waals surface area contributed by atoms with Crippen LogP contribution in [-0.2, 0) is 0 Å². The monoisotopic (exact) mass is 284 g/mol. The lowest BCUT2D eigenvalue weighted by atomic mass is 9.85. The number of unbranched alkanes of at least 4 members (excludes halogenated alkanes) is 1. The van der Waals surface area contributed by atoms with Crippen LogP contribution in [0.2, 0.25) is 0 Å². The summed E-state index contributed by atoms with van der Waals surface area (Å²) >= 11 is 0. The summed E-state index contributed by atoms with van der Waals surface area (Å²) < 4.78 is 0. The first-order chi connectivity index (χ1) is 10.3. The number of nitrogens with one attached hydrogen (secondary N) is 1. The van der Waals surface area contributed by atoms with Gasteiger partial charge in [0.25, 0.3) is 0 Å². The van der Waals surface area contributed by atoms with Crippen molar-refractivity contribution in [2.75, 3.05) is 6.54 Å². The second kappa shape index (κ2) is 8.14. The minimum atomic E-state index is 0.430. The molecule has 114 valence electrons. The lowest BCUT2D eigenvalue weighted by molar-refractivity contribution is 0.329. The van der Waals surface area contributed by atoms with E-state index in [0.717, 1.165) is 12.1 Å². The van der Waals surface area contributed by atoms with E-state index in [2.05, 4.69) is 55.3 Å². The van der Waals surface area contributed by atoms with E-state index >= 15 is 0 Å². The van der Waals surface area contributed by atoms with E-state index in [1.165, 1.54) is 36.6 Å². The molecule has 0 amide bonds. The summed E-state index contributed by atoms with van der Waals surface area (Å²) in [5, 5.41) is 5.02. The van der Waals surface area contributed by atoms with Crippen LogP contribution in [0.4, 0.5) is 0 Å². The number of nitrogens with zero attached hydrogens (tertiary/aromatic N) is 1. The van der Waals surface area contributed by atoms with E-state index < -0.39 is 0 Å². The third-order valence-electron chi connectivity index (χ3n) is 4.36. The molecule has 2 heteroatoms. The van der Waals surface area contributed by atoms with Crippen LogP contribution in [0.25, 0.3) is 10.9 Å². The Morgan fingerprint density at radius 1 is 1.10 bits per heavy atom. The second-order valence-corrected chi connectivity index (χ2v) is 5.76. The standard InChI is InChI=1S/C19H28N2/c1-4-7-10-15(5-2)19(20-6-3)17-11-8-13-18-16(17)12-9-14-21-18/h8-9,11-15,19-20H,4-7,10H2,1-3H3. The molecule has 0 aliphatic carbocycles. The summed E-state index contributed by atoms with van der Waals surface area (Å²) in [6.07, 6.45) is 6.97. The Labute approximate surface area is 129 Å². The van der Waals surface area contributed by atoms with Crippen LogP contribution in [0.3, 0.4) is 0 Å². The zero-order valence-corrected chi connectivity index (χ0v) is 13.6. The van der Waals surface area contributed by atoms with Crippen molar-refractivity contribution < 1.29 is 0 Å². The summed E-state index contributed by atoms with van der Waals surface area (Å²) in [6.45, 7) is 7.79. The number of fused-ring (bicyclic) bond motifs is 1. The zero-order valence-electron chi connectivity index (χ0n) is 13.6. The number of benzene rings is 1. The Morgan fingerprint density at radius 3 is 2.67 bits per heavy atom. The minimum absolute atomic E-state index is 0.430. The molecule has 1 heterocycles. The quantitative estimate of drug-likeness (QED) is 0.729. The highest BCUT2D eigenvalue weighted by molar-refractivity contribution is 5.82. The molecular weight excluding hydrogens is 256 g/mol. The van der Waals surface area contributed by atoms with Gasteiger partial charge in [-0.05, 0) is 36.6 Å². The Hall–Kier alpha value is -1.41. The van der Waals surface area contributed by atoms with Gasteiger partial charge in [0.15, 0.2) is 0 Å². The predicted octanol–water partition coefficient (Wildman–Crippen LogP) is 5.10. The van der Waals surface area contributed by atoms with Crippen molar-refractivity contribution in [2.45, 2.75) is 52.5 Å². The van der Waals surface area contributed by atoms with Gasteiger partial charge >= 0.3 is 0 Å². The molecule has 0 saturated heterocycles. The molecule has 2 unspecified atom stereocenters. The molecule has 2 nitrogen and oxygen atoms in total. The molecule has 1 N–H and O–H groups in total. The Bertz CT molecular complexity index is 545. The molecule has 0 saturated carbocycles. The van der Waals surface area contributed by atoms with Crippen LogP contribution in [0, 0.1) is 5.92 Å². The largest absolute Gasteiger partial charge is 0.310 e. The number of aromatic nitrogens is 1. The fraction of sp³-hybridized carbons (Fsp3) is 0.526. The van der Waals surface area contributed by atoms with Crippen molar-refractivity contribution in [1.82, 2.24) is 10.3 Å². The molecule has 21 heavy (non-hydrogen) atoms. The highest BCUT2D eigenvalue weighted by atomic mass is 14.9. The van der Waals surface area contributed by atoms with Gasteiger partial charge in [-0.2, -0.15) is 0 Å². The van der Waals surface area contributed by atoms with Crippen LogP contribution >= 0.6 is 0 Å². The topological polar surface area (TPSA) is 24.9 Å². The molecule has 2 atom stereocenters. The summed E-state index contributed by atoms with van der Waals surface area (Å²) in [5.41, 5.74) is 2.51. The number of pyridine rings is 1. The van der Waals surface area contributed by atoms with E-state index in [4.69, 9.17) is 0 Å². The van der Waals surface area contributed by atoms with Crippen molar-refractivity contribution in [1.29, 1.82) is 0 Å². The first-order valence-corrected chi connectivity index (χ1v) is 8.38. The maximum Gasteiger partial charge on any atom is 0.0705 e. The molecule has 2 rings (SSSR count). The zero-order chi connectivity index (χ0) is 15.1. The first-order valence-electron chi connectivity index (χ1n) is 8.38. The van der Waals surface area contributed by atoms with Crippen molar-refractivity contribution in [3.63, 3.8) is 0 Å². The fourth-order valence-electron chi connectivity index (χ4n) is 3.22. The first kappa shape index (κ1) is 16.0. The lowest BCUT2D eigenvalue weighted by Gasteiger charge is -2.28. The molecular formula is C19H28N2. The summed E-state index contributed by atoms with van der Waals surface area (Å²) in [5.74, 6) is 0.690. The summed E-state index contributed by atoms with van der Waals surface area (Å²) in [7, 11) is 0. The van der Waals surface area contributed by atoms with Gasteiger partial charge in [-0.15, -0.1) is 0 Å². The molecule has 0 bridgehead atoms. The van der Waals surface area contributed by atoms with Crippen LogP contribution in [0.15, 0.2) is 36.5 Å². The average molecular weight is 284 g/mol. The van der Waals surface area contributed by atoms with Crippen molar-refractivity contribution in [2.24, 2.45) is 5.92 Å². The predicted molar refractivity (Wildman–Crippen MR) is 91.5 cm³/mol. The van der Waals surface area contributed by atoms with E-state index in [1.54, 1.807) is 0 Å². The Morgan fingerprint density at radius 2 is 1.95 bits per heavy atom. The van der Waals surface area contributed by atoms with Crippen molar-refractivity contribution >= 4 is 10.9 Å². The number of hydrogen-bond acceptors (Lipinski definition) is 2. The summed E-state index contributed by atoms with van der Waals surface area (Å²) in [6, 6.07) is 11.2. The van der Waals surface area contributed by atoms with E-state index in [9.17, 15) is 0 Å². The maximum absolute atomic E-state index is 4.50. The van der Waals surface area contributed by atoms with E-state index in [0.29, 0.717) is 12.0 Å². The van der Waals surface area contributed by atoms with Crippen LogP contribution in [-0.4, -0.2) is 11.5 Å². The SMILES string of the molecule is CCCCC(CC)C(NCC)c1cccc2ncccc12. The number of hydrogen-bond donors (Lipinski definition) is 1. The molecule has 0 radical (unpaired) electrons. The average Bonchev–Trinajstić information content (AvgIpc) is 2.54. The highest BCUT2D eigenvalue weighted by Crippen LogP contribution is 2.32. The number of rotatable bonds is 8. The van der Waals surface area contributed by atoms with Gasteiger partial charge in [-0.1, -0.05) is 58.2 Å². The molecule has 2 aromatic rings. The molecule has 0 fully saturated rings. The van der Waals surface area contributed by atoms with Gasteiger partial charge in [0.2, 0.25) is 0 Å². The van der Waals surface area contributed by atoms with Gasteiger partial charge in [0, 0.05) is 17.6 Å². The Balaban J connectivity index is 2.39. The molecule has 0 spiro atoms. The normalized spacial score (nSPS) is 14.2. The minimum Gasteiger partial charge on any atom is -0.310 e. The van der Waals surface area contributed by atoms with Gasteiger partial charge < -0.3 is 5.32 Å². The van der Waals surface area contributed by atoms with Gasteiger partial charge in [0.05, 0.1) is 5.52 Å². The third-order valence-corrected chi connectivity index (χ3v) is 4.36. The van der Waals surface area contributed by atoms with Crippen molar-refractivity contribution in [3.8, 4) is 0 Å². The molecule has 1 aromatic carbocycles. The van der Waals surface area contributed by atoms with E-state index in [1.807, 2.05) is 12.3 Å². The maximum atomic E-state index is 4.50. The van der Waals surface area contributed by atoms with Crippen LogP contribution < -0.4 is 5.32 Å². The van der Waals surface area contributed by atoms with Crippen LogP contribution in [0.1, 0.15) is 58.1 Å². The van der Waals surface area contributed by atoms with Gasteiger partial charge in [0.1, 0.15) is 0 Å². The smallest absolute Gasteiger partial charge is 0.0705 e. The van der Waals surface area contributed by atoms with Crippen molar-refractivity contribution in [3.05, 3.63) is 42.1 Å². The summed E-state index contributed by atoms with van der Waals surface area (Å²) in [4.78, 5) is 4.50. The van der Waals surface area contributed by atoms with Gasteiger partial charge in [-0.3, -0.25) is 4.98 Å². The molecule has 0 aliphatic rings. The molecule has 1 aromatic heterocycles. The van der Waals surface area contributed by atoms with E-state index in [-0.39, 0.29) is 0 Å². The highest BCUT2D eigenvalue weighted by Gasteiger charge is 2.22. The van der Waals surface area contributed by atoms with Crippen LogP contribution in [0.5, 0.6) is 0 Å². The Kier molecular flexibility index (Phi) is 6.19. The second-order valence-electron chi connectivity index (χ2n) is 5.76. The molecule has 0 aliphatic heterocycles.